The predicted molar refractivity (Wildman–Crippen MR) is 65.4 cm³/mol. The highest BCUT2D eigenvalue weighted by molar-refractivity contribution is 5.36. The van der Waals surface area contributed by atoms with E-state index >= 15 is 0 Å². The highest BCUT2D eigenvalue weighted by Crippen LogP contribution is 2.11. The number of pyridine rings is 1. The lowest BCUT2D eigenvalue weighted by atomic mass is 10.3. The lowest BCUT2D eigenvalue weighted by molar-refractivity contribution is 0.241. The molecule has 0 aliphatic carbocycles. The first-order valence-electron chi connectivity index (χ1n) is 5.53. The number of aromatic nitrogens is 1. The van der Waals surface area contributed by atoms with Crippen molar-refractivity contribution in [3.8, 4) is 17.6 Å². The fraction of sp³-hybridized carbons (Fsp3) is 0.462. The molecule has 1 N–H and O–H groups in total. The standard InChI is InChI=1S/C13H18N2O/c1-4-14-7-5-6-12-8-13(10-15-9-12)16-11(2)3/h8-11,14H,4,7H2,1-3H3. The van der Waals surface area contributed by atoms with Gasteiger partial charge in [0.15, 0.2) is 0 Å². The number of rotatable bonds is 4. The minimum Gasteiger partial charge on any atom is -0.489 e. The zero-order chi connectivity index (χ0) is 11.8. The highest BCUT2D eigenvalue weighted by atomic mass is 16.5. The van der Waals surface area contributed by atoms with E-state index < -0.39 is 0 Å². The summed E-state index contributed by atoms with van der Waals surface area (Å²) in [5, 5.41) is 3.14. The first-order valence-corrected chi connectivity index (χ1v) is 5.53. The van der Waals surface area contributed by atoms with Gasteiger partial charge in [-0.2, -0.15) is 0 Å². The molecule has 3 nitrogen and oxygen atoms in total. The summed E-state index contributed by atoms with van der Waals surface area (Å²) in [4.78, 5) is 4.09. The number of hydrogen-bond acceptors (Lipinski definition) is 3. The summed E-state index contributed by atoms with van der Waals surface area (Å²) in [5.41, 5.74) is 0.885. The molecule has 1 aromatic rings. The molecule has 1 aromatic heterocycles. The number of nitrogens with one attached hydrogen (secondary N) is 1. The van der Waals surface area contributed by atoms with Gasteiger partial charge in [0, 0.05) is 11.8 Å². The van der Waals surface area contributed by atoms with Gasteiger partial charge in [-0.25, -0.2) is 0 Å². The van der Waals surface area contributed by atoms with Crippen LogP contribution in [0.25, 0.3) is 0 Å². The van der Waals surface area contributed by atoms with Crippen molar-refractivity contribution in [2.75, 3.05) is 13.1 Å². The van der Waals surface area contributed by atoms with E-state index in [2.05, 4.69) is 29.1 Å². The zero-order valence-corrected chi connectivity index (χ0v) is 10.1. The molecule has 0 atom stereocenters. The van der Waals surface area contributed by atoms with Crippen LogP contribution in [0, 0.1) is 11.8 Å². The largest absolute Gasteiger partial charge is 0.489 e. The summed E-state index contributed by atoms with van der Waals surface area (Å²) in [6, 6.07) is 1.91. The van der Waals surface area contributed by atoms with Crippen molar-refractivity contribution in [3.63, 3.8) is 0 Å². The maximum Gasteiger partial charge on any atom is 0.139 e. The Morgan fingerprint density at radius 3 is 2.94 bits per heavy atom. The molecule has 0 amide bonds. The number of nitrogens with zero attached hydrogens (tertiary/aromatic N) is 1. The van der Waals surface area contributed by atoms with Gasteiger partial charge >= 0.3 is 0 Å². The minimum absolute atomic E-state index is 0.159. The quantitative estimate of drug-likeness (QED) is 0.618. The van der Waals surface area contributed by atoms with E-state index in [9.17, 15) is 0 Å². The van der Waals surface area contributed by atoms with E-state index in [0.29, 0.717) is 6.54 Å². The zero-order valence-electron chi connectivity index (χ0n) is 10.1. The molecular weight excluding hydrogens is 200 g/mol. The van der Waals surface area contributed by atoms with Crippen LogP contribution in [0.5, 0.6) is 5.75 Å². The topological polar surface area (TPSA) is 34.2 Å². The maximum atomic E-state index is 5.54. The van der Waals surface area contributed by atoms with Crippen LogP contribution in [-0.2, 0) is 0 Å². The van der Waals surface area contributed by atoms with Gasteiger partial charge in [0.1, 0.15) is 5.75 Å². The Labute approximate surface area is 97.2 Å². The molecule has 0 spiro atoms. The van der Waals surface area contributed by atoms with Crippen molar-refractivity contribution in [1.29, 1.82) is 0 Å². The van der Waals surface area contributed by atoms with Crippen molar-refractivity contribution in [2.45, 2.75) is 26.9 Å². The average molecular weight is 218 g/mol. The van der Waals surface area contributed by atoms with E-state index in [4.69, 9.17) is 4.74 Å². The lowest BCUT2D eigenvalue weighted by Crippen LogP contribution is -2.11. The van der Waals surface area contributed by atoms with Gasteiger partial charge in [0.05, 0.1) is 18.8 Å². The second-order valence-electron chi connectivity index (χ2n) is 3.66. The second kappa shape index (κ2) is 6.86. The second-order valence-corrected chi connectivity index (χ2v) is 3.66. The Balaban J connectivity index is 2.62. The van der Waals surface area contributed by atoms with E-state index in [1.165, 1.54) is 0 Å². The van der Waals surface area contributed by atoms with Crippen molar-refractivity contribution in [3.05, 3.63) is 24.0 Å². The molecule has 0 bridgehead atoms. The maximum absolute atomic E-state index is 5.54. The summed E-state index contributed by atoms with van der Waals surface area (Å²) in [6.07, 6.45) is 3.61. The Hall–Kier alpha value is -1.53. The van der Waals surface area contributed by atoms with Gasteiger partial charge in [0.25, 0.3) is 0 Å². The third-order valence-electron chi connectivity index (χ3n) is 1.78. The molecule has 0 radical (unpaired) electrons. The van der Waals surface area contributed by atoms with Crippen LogP contribution in [0.2, 0.25) is 0 Å². The normalized spacial score (nSPS) is 9.75. The highest BCUT2D eigenvalue weighted by Gasteiger charge is 1.98. The van der Waals surface area contributed by atoms with Crippen molar-refractivity contribution in [1.82, 2.24) is 10.3 Å². The number of ether oxygens (including phenoxy) is 1. The van der Waals surface area contributed by atoms with Gasteiger partial charge < -0.3 is 10.1 Å². The summed E-state index contributed by atoms with van der Waals surface area (Å²) in [6.45, 7) is 7.67. The van der Waals surface area contributed by atoms with Gasteiger partial charge in [-0.3, -0.25) is 4.98 Å². The Kier molecular flexibility index (Phi) is 5.38. The van der Waals surface area contributed by atoms with Crippen molar-refractivity contribution >= 4 is 0 Å². The molecular formula is C13H18N2O. The predicted octanol–water partition coefficient (Wildman–Crippen LogP) is 1.83. The molecule has 3 heteroatoms. The van der Waals surface area contributed by atoms with Crippen LogP contribution >= 0.6 is 0 Å². The minimum atomic E-state index is 0.159. The van der Waals surface area contributed by atoms with E-state index in [1.807, 2.05) is 19.9 Å². The molecule has 16 heavy (non-hydrogen) atoms. The van der Waals surface area contributed by atoms with Crippen LogP contribution in [0.3, 0.4) is 0 Å². The van der Waals surface area contributed by atoms with Crippen LogP contribution in [0.1, 0.15) is 26.3 Å². The summed E-state index contributed by atoms with van der Waals surface area (Å²) < 4.78 is 5.54. The summed E-state index contributed by atoms with van der Waals surface area (Å²) in [7, 11) is 0. The van der Waals surface area contributed by atoms with Crippen LogP contribution in [0.15, 0.2) is 18.5 Å². The van der Waals surface area contributed by atoms with Gasteiger partial charge in [-0.05, 0) is 26.5 Å². The Morgan fingerprint density at radius 2 is 2.25 bits per heavy atom. The number of hydrogen-bond donors (Lipinski definition) is 1. The SMILES string of the molecule is CCNCC#Cc1cncc(OC(C)C)c1. The van der Waals surface area contributed by atoms with Crippen LogP contribution in [-0.4, -0.2) is 24.2 Å². The monoisotopic (exact) mass is 218 g/mol. The third kappa shape index (κ3) is 4.81. The molecule has 1 heterocycles. The Bertz CT molecular complexity index is 377. The third-order valence-corrected chi connectivity index (χ3v) is 1.78. The first-order chi connectivity index (χ1) is 7.72. The average Bonchev–Trinajstić information content (AvgIpc) is 2.24. The van der Waals surface area contributed by atoms with Crippen LogP contribution < -0.4 is 10.1 Å². The summed E-state index contributed by atoms with van der Waals surface area (Å²) >= 11 is 0. The molecule has 0 fully saturated rings. The van der Waals surface area contributed by atoms with Crippen molar-refractivity contribution in [2.24, 2.45) is 0 Å². The molecule has 0 saturated carbocycles. The van der Waals surface area contributed by atoms with Gasteiger partial charge in [0.2, 0.25) is 0 Å². The van der Waals surface area contributed by atoms with Gasteiger partial charge in [-0.1, -0.05) is 18.8 Å². The smallest absolute Gasteiger partial charge is 0.139 e. The molecule has 0 aliphatic rings. The van der Waals surface area contributed by atoms with Crippen molar-refractivity contribution < 1.29 is 4.74 Å². The molecule has 86 valence electrons. The first kappa shape index (κ1) is 12.5. The molecule has 0 aliphatic heterocycles. The van der Waals surface area contributed by atoms with Gasteiger partial charge in [-0.15, -0.1) is 0 Å². The summed E-state index contributed by atoms with van der Waals surface area (Å²) in [5.74, 6) is 6.83. The van der Waals surface area contributed by atoms with E-state index in [1.54, 1.807) is 12.4 Å². The fourth-order valence-corrected chi connectivity index (χ4v) is 1.16. The van der Waals surface area contributed by atoms with E-state index in [-0.39, 0.29) is 6.10 Å². The molecule has 0 unspecified atom stereocenters. The van der Waals surface area contributed by atoms with Crippen LogP contribution in [0.4, 0.5) is 0 Å². The van der Waals surface area contributed by atoms with E-state index in [0.717, 1.165) is 17.9 Å². The Morgan fingerprint density at radius 1 is 1.44 bits per heavy atom. The fourth-order valence-electron chi connectivity index (χ4n) is 1.16. The molecule has 1 rings (SSSR count). The molecule has 0 aromatic carbocycles. The lowest BCUT2D eigenvalue weighted by Gasteiger charge is -2.08. The molecule has 0 saturated heterocycles.